The van der Waals surface area contributed by atoms with E-state index >= 15 is 0 Å². The Morgan fingerprint density at radius 3 is 3.06 bits per heavy atom. The molecule has 2 unspecified atom stereocenters. The Morgan fingerprint density at radius 2 is 2.24 bits per heavy atom. The molecule has 2 fully saturated rings. The quantitative estimate of drug-likeness (QED) is 0.666. The average molecular weight is 236 g/mol. The first-order valence-electron chi connectivity index (χ1n) is 6.42. The van der Waals surface area contributed by atoms with E-state index in [9.17, 15) is 4.79 Å². The van der Waals surface area contributed by atoms with Crippen molar-refractivity contribution in [2.24, 2.45) is 0 Å². The fourth-order valence-electron chi connectivity index (χ4n) is 2.91. The van der Waals surface area contributed by atoms with Gasteiger partial charge in [-0.3, -0.25) is 9.69 Å². The highest BCUT2D eigenvalue weighted by molar-refractivity contribution is 5.78. The van der Waals surface area contributed by atoms with Crippen LogP contribution in [0.3, 0.4) is 0 Å². The van der Waals surface area contributed by atoms with E-state index in [0.29, 0.717) is 18.6 Å². The van der Waals surface area contributed by atoms with Gasteiger partial charge in [0.15, 0.2) is 0 Å². The zero-order valence-corrected chi connectivity index (χ0v) is 10.1. The highest BCUT2D eigenvalue weighted by Gasteiger charge is 2.35. The predicted octanol–water partition coefficient (Wildman–Crippen LogP) is -0.157. The van der Waals surface area contributed by atoms with Crippen molar-refractivity contribution in [2.45, 2.75) is 37.8 Å². The van der Waals surface area contributed by atoms with Crippen LogP contribution in [-0.4, -0.2) is 49.1 Å². The second kappa shape index (κ2) is 5.99. The van der Waals surface area contributed by atoms with Gasteiger partial charge in [0.05, 0.1) is 12.6 Å². The highest BCUT2D eigenvalue weighted by Crippen LogP contribution is 2.26. The largest absolute Gasteiger partial charge is 0.342 e. The summed E-state index contributed by atoms with van der Waals surface area (Å²) in [5.41, 5.74) is 0. The fourth-order valence-corrected chi connectivity index (χ4v) is 2.91. The van der Waals surface area contributed by atoms with Gasteiger partial charge in [-0.25, -0.2) is 0 Å². The maximum Gasteiger partial charge on any atom is 0.234 e. The molecule has 2 saturated heterocycles. The van der Waals surface area contributed by atoms with Crippen molar-refractivity contribution >= 4 is 5.91 Å². The summed E-state index contributed by atoms with van der Waals surface area (Å²) in [6.45, 7) is 2.79. The van der Waals surface area contributed by atoms with Crippen LogP contribution >= 0.6 is 0 Å². The minimum absolute atomic E-state index is 0.0826. The highest BCUT2D eigenvalue weighted by atomic mass is 16.1. The molecule has 2 atom stereocenters. The van der Waals surface area contributed by atoms with Gasteiger partial charge in [0, 0.05) is 18.6 Å². The van der Waals surface area contributed by atoms with Gasteiger partial charge in [-0.2, -0.15) is 5.26 Å². The Morgan fingerprint density at radius 1 is 1.35 bits per heavy atom. The van der Waals surface area contributed by atoms with Gasteiger partial charge in [-0.15, -0.1) is 0 Å². The number of amides is 1. The molecule has 2 aliphatic heterocycles. The molecule has 0 aromatic rings. The lowest BCUT2D eigenvalue weighted by Crippen LogP contribution is -2.47. The molecular formula is C12H20N4O. The van der Waals surface area contributed by atoms with E-state index in [-0.39, 0.29) is 12.5 Å². The SMILES string of the molecule is N#CCNC(=O)CNC1CCN2CCCCC12. The molecule has 1 amide bonds. The molecule has 0 aliphatic carbocycles. The van der Waals surface area contributed by atoms with Crippen LogP contribution in [-0.2, 0) is 4.79 Å². The van der Waals surface area contributed by atoms with Gasteiger partial charge in [-0.05, 0) is 25.8 Å². The first-order chi connectivity index (χ1) is 8.31. The van der Waals surface area contributed by atoms with Crippen molar-refractivity contribution < 1.29 is 4.79 Å². The molecule has 0 aromatic heterocycles. The molecule has 0 aromatic carbocycles. The number of fused-ring (bicyclic) bond motifs is 1. The molecular weight excluding hydrogens is 216 g/mol. The number of hydrogen-bond acceptors (Lipinski definition) is 4. The Balaban J connectivity index is 1.72. The van der Waals surface area contributed by atoms with Gasteiger partial charge >= 0.3 is 0 Å². The fraction of sp³-hybridized carbons (Fsp3) is 0.833. The second-order valence-electron chi connectivity index (χ2n) is 4.81. The Hall–Kier alpha value is -1.12. The summed E-state index contributed by atoms with van der Waals surface area (Å²) in [6, 6.07) is 2.97. The van der Waals surface area contributed by atoms with Crippen LogP contribution in [0.5, 0.6) is 0 Å². The number of hydrogen-bond donors (Lipinski definition) is 2. The van der Waals surface area contributed by atoms with Gasteiger partial charge in [-0.1, -0.05) is 6.42 Å². The molecule has 5 heteroatoms. The Bertz CT molecular complexity index is 312. The first kappa shape index (κ1) is 12.3. The van der Waals surface area contributed by atoms with Gasteiger partial charge < -0.3 is 10.6 Å². The predicted molar refractivity (Wildman–Crippen MR) is 64.2 cm³/mol. The van der Waals surface area contributed by atoms with Crippen molar-refractivity contribution in [2.75, 3.05) is 26.2 Å². The second-order valence-corrected chi connectivity index (χ2v) is 4.81. The van der Waals surface area contributed by atoms with E-state index in [2.05, 4.69) is 15.5 Å². The summed E-state index contributed by atoms with van der Waals surface area (Å²) in [6.07, 6.45) is 5.00. The topological polar surface area (TPSA) is 68.2 Å². The zero-order chi connectivity index (χ0) is 12.1. The van der Waals surface area contributed by atoms with Gasteiger partial charge in [0.1, 0.15) is 6.54 Å². The summed E-state index contributed by atoms with van der Waals surface area (Å²) < 4.78 is 0. The number of carbonyl (C=O) groups excluding carboxylic acids is 1. The molecule has 94 valence electrons. The standard InChI is InChI=1S/C12H20N4O/c13-5-6-14-12(17)9-15-10-4-8-16-7-2-1-3-11(10)16/h10-11,15H,1-4,6-9H2,(H,14,17). The maximum absolute atomic E-state index is 11.4. The van der Waals surface area contributed by atoms with E-state index in [1.165, 1.54) is 25.8 Å². The number of nitrogens with one attached hydrogen (secondary N) is 2. The summed E-state index contributed by atoms with van der Waals surface area (Å²) in [7, 11) is 0. The number of piperidine rings is 1. The number of nitrogens with zero attached hydrogens (tertiary/aromatic N) is 2. The van der Waals surface area contributed by atoms with E-state index < -0.39 is 0 Å². The molecule has 2 heterocycles. The van der Waals surface area contributed by atoms with Crippen molar-refractivity contribution in [1.29, 1.82) is 5.26 Å². The van der Waals surface area contributed by atoms with Crippen LogP contribution in [0, 0.1) is 11.3 Å². The zero-order valence-electron chi connectivity index (χ0n) is 10.1. The van der Waals surface area contributed by atoms with Crippen LogP contribution in [0.2, 0.25) is 0 Å². The summed E-state index contributed by atoms with van der Waals surface area (Å²) >= 11 is 0. The van der Waals surface area contributed by atoms with E-state index in [0.717, 1.165) is 13.0 Å². The molecule has 2 N–H and O–H groups in total. The number of nitriles is 1. The smallest absolute Gasteiger partial charge is 0.234 e. The lowest BCUT2D eigenvalue weighted by atomic mass is 9.99. The van der Waals surface area contributed by atoms with Crippen LogP contribution in [0.4, 0.5) is 0 Å². The molecule has 0 spiro atoms. The minimum Gasteiger partial charge on any atom is -0.342 e. The van der Waals surface area contributed by atoms with Crippen molar-refractivity contribution in [3.63, 3.8) is 0 Å². The number of carbonyl (C=O) groups is 1. The molecule has 2 aliphatic rings. The summed E-state index contributed by atoms with van der Waals surface area (Å²) in [5.74, 6) is -0.0826. The summed E-state index contributed by atoms with van der Waals surface area (Å²) in [5, 5.41) is 14.2. The Kier molecular flexibility index (Phi) is 4.35. The van der Waals surface area contributed by atoms with E-state index in [4.69, 9.17) is 5.26 Å². The average Bonchev–Trinajstić information content (AvgIpc) is 2.77. The van der Waals surface area contributed by atoms with Crippen LogP contribution in [0.15, 0.2) is 0 Å². The lowest BCUT2D eigenvalue weighted by Gasteiger charge is -2.32. The molecule has 0 radical (unpaired) electrons. The van der Waals surface area contributed by atoms with Crippen LogP contribution in [0.1, 0.15) is 25.7 Å². The van der Waals surface area contributed by atoms with Gasteiger partial charge in [0.25, 0.3) is 0 Å². The third kappa shape index (κ3) is 3.18. The molecule has 17 heavy (non-hydrogen) atoms. The van der Waals surface area contributed by atoms with Crippen molar-refractivity contribution in [1.82, 2.24) is 15.5 Å². The van der Waals surface area contributed by atoms with E-state index in [1.807, 2.05) is 6.07 Å². The minimum atomic E-state index is -0.0826. The molecule has 0 saturated carbocycles. The molecule has 0 bridgehead atoms. The lowest BCUT2D eigenvalue weighted by molar-refractivity contribution is -0.120. The van der Waals surface area contributed by atoms with Gasteiger partial charge in [0.2, 0.25) is 5.91 Å². The summed E-state index contributed by atoms with van der Waals surface area (Å²) in [4.78, 5) is 13.9. The Labute approximate surface area is 102 Å². The van der Waals surface area contributed by atoms with Crippen LogP contribution in [0.25, 0.3) is 0 Å². The third-order valence-electron chi connectivity index (χ3n) is 3.75. The van der Waals surface area contributed by atoms with Crippen molar-refractivity contribution in [3.05, 3.63) is 0 Å². The van der Waals surface area contributed by atoms with Crippen molar-refractivity contribution in [3.8, 4) is 6.07 Å². The first-order valence-corrected chi connectivity index (χ1v) is 6.42. The van der Waals surface area contributed by atoms with Crippen LogP contribution < -0.4 is 10.6 Å². The number of rotatable bonds is 4. The molecule has 5 nitrogen and oxygen atoms in total. The normalized spacial score (nSPS) is 28.4. The molecule has 2 rings (SSSR count). The monoisotopic (exact) mass is 236 g/mol. The maximum atomic E-state index is 11.4. The third-order valence-corrected chi connectivity index (χ3v) is 3.75. The van der Waals surface area contributed by atoms with E-state index in [1.54, 1.807) is 0 Å².